The van der Waals surface area contributed by atoms with Crippen LogP contribution in [0.3, 0.4) is 0 Å². The van der Waals surface area contributed by atoms with E-state index in [-0.39, 0.29) is 5.75 Å². The number of sulfonamides is 1. The average Bonchev–Trinajstić information content (AvgIpc) is 2.69. The second-order valence-corrected chi connectivity index (χ2v) is 9.49. The van der Waals surface area contributed by atoms with E-state index in [0.29, 0.717) is 23.4 Å². The summed E-state index contributed by atoms with van der Waals surface area (Å²) in [6.45, 7) is 8.01. The number of primary sulfonamides is 1. The van der Waals surface area contributed by atoms with Crippen molar-refractivity contribution in [2.24, 2.45) is 21.9 Å². The molecule has 3 atom stereocenters. The van der Waals surface area contributed by atoms with Gasteiger partial charge in [-0.05, 0) is 48.9 Å². The molecule has 2 aliphatic carbocycles. The number of fused-ring (bicyclic) bond motifs is 2. The molecule has 0 heterocycles. The molecule has 5 heteroatoms. The first kappa shape index (κ1) is 17.2. The molecule has 2 N–H and O–H groups in total. The molecule has 0 aromatic rings. The summed E-state index contributed by atoms with van der Waals surface area (Å²) in [5.41, 5.74) is 0.748. The lowest BCUT2D eigenvalue weighted by atomic mass is 9.70. The summed E-state index contributed by atoms with van der Waals surface area (Å²) in [5.74, 6) is 0.923. The minimum absolute atomic E-state index is 0.102. The van der Waals surface area contributed by atoms with Crippen LogP contribution in [-0.4, -0.2) is 26.9 Å². The van der Waals surface area contributed by atoms with Crippen LogP contribution in [0.4, 0.5) is 0 Å². The molecule has 2 aliphatic rings. The maximum Gasteiger partial charge on any atom is 0.209 e. The van der Waals surface area contributed by atoms with Gasteiger partial charge >= 0.3 is 0 Å². The van der Waals surface area contributed by atoms with Crippen LogP contribution >= 0.6 is 0 Å². The summed E-state index contributed by atoms with van der Waals surface area (Å²) in [6.07, 6.45) is 7.89. The van der Waals surface area contributed by atoms with Crippen LogP contribution in [0, 0.1) is 16.7 Å². The lowest BCUT2D eigenvalue weighted by molar-refractivity contribution is -0.0475. The van der Waals surface area contributed by atoms with Crippen LogP contribution in [0.25, 0.3) is 0 Å². The highest BCUT2D eigenvalue weighted by atomic mass is 32.2. The van der Waals surface area contributed by atoms with Crippen LogP contribution < -0.4 is 5.14 Å². The van der Waals surface area contributed by atoms with Crippen LogP contribution in [0.5, 0.6) is 0 Å². The van der Waals surface area contributed by atoms with Crippen molar-refractivity contribution in [1.29, 1.82) is 0 Å². The van der Waals surface area contributed by atoms with E-state index in [0.717, 1.165) is 31.8 Å². The predicted molar refractivity (Wildman–Crippen MR) is 85.4 cm³/mol. The molecule has 0 spiro atoms. The van der Waals surface area contributed by atoms with Gasteiger partial charge in [0.15, 0.2) is 0 Å². The molecule has 0 aliphatic heterocycles. The second kappa shape index (κ2) is 6.17. The van der Waals surface area contributed by atoms with E-state index in [1.807, 2.05) is 0 Å². The molecular weight excluding hydrogens is 286 g/mol. The van der Waals surface area contributed by atoms with Gasteiger partial charge in [-0.15, -0.1) is 0 Å². The van der Waals surface area contributed by atoms with Crippen molar-refractivity contribution in [1.82, 2.24) is 0 Å². The van der Waals surface area contributed by atoms with Crippen molar-refractivity contribution in [3.63, 3.8) is 0 Å². The van der Waals surface area contributed by atoms with Gasteiger partial charge in [-0.1, -0.05) is 33.6 Å². The zero-order chi connectivity index (χ0) is 15.7. The zero-order valence-corrected chi connectivity index (χ0v) is 14.5. The van der Waals surface area contributed by atoms with Crippen molar-refractivity contribution >= 4 is 10.0 Å². The summed E-state index contributed by atoms with van der Waals surface area (Å²) in [4.78, 5) is 0. The topological polar surface area (TPSA) is 69.4 Å². The first-order chi connectivity index (χ1) is 9.67. The summed E-state index contributed by atoms with van der Waals surface area (Å²) >= 11 is 0. The highest BCUT2D eigenvalue weighted by molar-refractivity contribution is 7.89. The molecule has 0 radical (unpaired) electrons. The van der Waals surface area contributed by atoms with Crippen molar-refractivity contribution in [2.45, 2.75) is 71.8 Å². The van der Waals surface area contributed by atoms with Gasteiger partial charge in [-0.3, -0.25) is 0 Å². The molecule has 2 bridgehead atoms. The number of ether oxygens (including phenoxy) is 1. The first-order valence-corrected chi connectivity index (χ1v) is 10.0. The average molecular weight is 317 g/mol. The third kappa shape index (κ3) is 3.62. The smallest absolute Gasteiger partial charge is 0.209 e. The lowest BCUT2D eigenvalue weighted by Crippen LogP contribution is -2.37. The normalized spacial score (nSPS) is 34.5. The Bertz CT molecular complexity index is 460. The zero-order valence-electron chi connectivity index (χ0n) is 13.7. The van der Waals surface area contributed by atoms with Crippen LogP contribution in [0.2, 0.25) is 0 Å². The Morgan fingerprint density at radius 2 is 1.81 bits per heavy atom. The summed E-state index contributed by atoms with van der Waals surface area (Å²) in [6, 6.07) is 0. The highest BCUT2D eigenvalue weighted by Gasteiger charge is 2.61. The molecule has 0 amide bonds. The first-order valence-electron chi connectivity index (χ1n) is 8.29. The number of hydrogen-bond donors (Lipinski definition) is 1. The van der Waals surface area contributed by atoms with E-state index in [9.17, 15) is 8.42 Å². The van der Waals surface area contributed by atoms with E-state index in [4.69, 9.17) is 9.88 Å². The summed E-state index contributed by atoms with van der Waals surface area (Å²) in [7, 11) is -3.29. The van der Waals surface area contributed by atoms with Gasteiger partial charge in [0.1, 0.15) is 0 Å². The predicted octanol–water partition coefficient (Wildman–Crippen LogP) is 3.07. The van der Waals surface area contributed by atoms with Crippen LogP contribution in [0.15, 0.2) is 0 Å². The Morgan fingerprint density at radius 3 is 2.33 bits per heavy atom. The molecule has 0 aromatic heterocycles. The van der Waals surface area contributed by atoms with E-state index < -0.39 is 10.0 Å². The Morgan fingerprint density at radius 1 is 1.14 bits per heavy atom. The van der Waals surface area contributed by atoms with Crippen molar-refractivity contribution < 1.29 is 13.2 Å². The Balaban J connectivity index is 1.63. The second-order valence-electron chi connectivity index (χ2n) is 7.75. The quantitative estimate of drug-likeness (QED) is 0.699. The van der Waals surface area contributed by atoms with Crippen LogP contribution in [0.1, 0.15) is 65.7 Å². The number of unbranched alkanes of at least 4 members (excludes halogenated alkanes) is 3. The SMILES string of the molecule is CC1(C)C2CCC1(C)C(OCCCCCCS(N)(=O)=O)C2. The maximum atomic E-state index is 10.8. The van der Waals surface area contributed by atoms with Gasteiger partial charge in [0.2, 0.25) is 10.0 Å². The van der Waals surface area contributed by atoms with Crippen molar-refractivity contribution in [3.8, 4) is 0 Å². The number of rotatable bonds is 8. The summed E-state index contributed by atoms with van der Waals surface area (Å²) in [5, 5.41) is 4.98. The number of hydrogen-bond acceptors (Lipinski definition) is 3. The van der Waals surface area contributed by atoms with Gasteiger partial charge < -0.3 is 4.74 Å². The Kier molecular flexibility index (Phi) is 5.06. The molecule has 0 saturated heterocycles. The Labute approximate surface area is 129 Å². The fourth-order valence-corrected chi connectivity index (χ4v) is 4.97. The molecule has 0 aromatic carbocycles. The third-order valence-corrected chi connectivity index (χ3v) is 7.21. The molecule has 21 heavy (non-hydrogen) atoms. The molecular formula is C16H31NO3S. The standard InChI is InChI=1S/C16H31NO3S/c1-15(2)13-8-9-16(15,3)14(12-13)20-10-6-4-5-7-11-21(17,18)19/h13-14H,4-12H2,1-3H3,(H2,17,18,19). The van der Waals surface area contributed by atoms with Crippen LogP contribution in [-0.2, 0) is 14.8 Å². The Hall–Kier alpha value is -0.130. The van der Waals surface area contributed by atoms with Crippen molar-refractivity contribution in [2.75, 3.05) is 12.4 Å². The van der Waals surface area contributed by atoms with Crippen molar-refractivity contribution in [3.05, 3.63) is 0 Å². The van der Waals surface area contributed by atoms with E-state index in [1.54, 1.807) is 0 Å². The largest absolute Gasteiger partial charge is 0.378 e. The van der Waals surface area contributed by atoms with Gasteiger partial charge in [0.25, 0.3) is 0 Å². The molecule has 4 nitrogen and oxygen atoms in total. The van der Waals surface area contributed by atoms with E-state index >= 15 is 0 Å². The molecule has 2 rings (SSSR count). The van der Waals surface area contributed by atoms with Gasteiger partial charge in [0.05, 0.1) is 11.9 Å². The molecule has 2 fully saturated rings. The fraction of sp³-hybridized carbons (Fsp3) is 1.00. The third-order valence-electron chi connectivity index (χ3n) is 6.36. The highest BCUT2D eigenvalue weighted by Crippen LogP contribution is 2.66. The minimum atomic E-state index is -3.29. The summed E-state index contributed by atoms with van der Waals surface area (Å²) < 4.78 is 27.8. The van der Waals surface area contributed by atoms with Gasteiger partial charge in [-0.25, -0.2) is 13.6 Å². The maximum absolute atomic E-state index is 10.8. The van der Waals surface area contributed by atoms with E-state index in [1.165, 1.54) is 19.3 Å². The lowest BCUT2D eigenvalue weighted by Gasteiger charge is -2.39. The van der Waals surface area contributed by atoms with Gasteiger partial charge in [0, 0.05) is 6.61 Å². The molecule has 3 unspecified atom stereocenters. The van der Waals surface area contributed by atoms with Gasteiger partial charge in [-0.2, -0.15) is 0 Å². The fourth-order valence-electron chi connectivity index (χ4n) is 4.37. The minimum Gasteiger partial charge on any atom is -0.378 e. The monoisotopic (exact) mass is 317 g/mol. The molecule has 2 saturated carbocycles. The number of nitrogens with two attached hydrogens (primary N) is 1. The molecule has 124 valence electrons. The van der Waals surface area contributed by atoms with E-state index in [2.05, 4.69) is 20.8 Å².